The molecule has 0 bridgehead atoms. The van der Waals surface area contributed by atoms with Crippen molar-refractivity contribution in [2.45, 2.75) is 37.8 Å². The standard InChI is InChI=1S/C20H24N4O2/c1-26-17-5-3-16(4-6-17)15-24-18(25)7-8-20(24)9-13-23(14-10-20)19-21-11-2-12-22-19/h2-6,11-12H,7-10,13-15H2,1H3. The normalized spacial score (nSPS) is 19.2. The van der Waals surface area contributed by atoms with Gasteiger partial charge >= 0.3 is 0 Å². The van der Waals surface area contributed by atoms with Crippen LogP contribution < -0.4 is 9.64 Å². The highest BCUT2D eigenvalue weighted by atomic mass is 16.5. The molecule has 0 atom stereocenters. The Kier molecular flexibility index (Phi) is 4.49. The summed E-state index contributed by atoms with van der Waals surface area (Å²) in [4.78, 5) is 25.6. The number of piperidine rings is 1. The molecule has 1 aromatic carbocycles. The van der Waals surface area contributed by atoms with Gasteiger partial charge in [-0.15, -0.1) is 0 Å². The van der Waals surface area contributed by atoms with Crippen molar-refractivity contribution in [2.24, 2.45) is 0 Å². The third kappa shape index (κ3) is 3.11. The van der Waals surface area contributed by atoms with Gasteiger partial charge in [0.1, 0.15) is 5.75 Å². The highest BCUT2D eigenvalue weighted by Gasteiger charge is 2.46. The molecule has 0 aliphatic carbocycles. The highest BCUT2D eigenvalue weighted by molar-refractivity contribution is 5.79. The Balaban J connectivity index is 1.47. The fourth-order valence-electron chi connectivity index (χ4n) is 4.14. The molecule has 6 heteroatoms. The van der Waals surface area contributed by atoms with Gasteiger partial charge in [0.2, 0.25) is 11.9 Å². The molecule has 136 valence electrons. The SMILES string of the molecule is COc1ccc(CN2C(=O)CCC23CCN(c2ncccn2)CC3)cc1. The third-order valence-corrected chi connectivity index (χ3v) is 5.71. The third-order valence-electron chi connectivity index (χ3n) is 5.71. The van der Waals surface area contributed by atoms with Gasteiger partial charge in [-0.1, -0.05) is 12.1 Å². The number of anilines is 1. The number of hydrogen-bond acceptors (Lipinski definition) is 5. The van der Waals surface area contributed by atoms with Crippen LogP contribution in [0.2, 0.25) is 0 Å². The molecule has 0 N–H and O–H groups in total. The van der Waals surface area contributed by atoms with Crippen LogP contribution in [0.15, 0.2) is 42.7 Å². The number of rotatable bonds is 4. The molecule has 1 aromatic heterocycles. The zero-order chi connectivity index (χ0) is 18.0. The van der Waals surface area contributed by atoms with Crippen molar-refractivity contribution in [3.63, 3.8) is 0 Å². The number of amides is 1. The van der Waals surface area contributed by atoms with E-state index in [0.29, 0.717) is 13.0 Å². The van der Waals surface area contributed by atoms with Crippen molar-refractivity contribution in [3.05, 3.63) is 48.3 Å². The summed E-state index contributed by atoms with van der Waals surface area (Å²) in [5.74, 6) is 1.89. The maximum atomic E-state index is 12.6. The van der Waals surface area contributed by atoms with Crippen LogP contribution in [0.1, 0.15) is 31.2 Å². The van der Waals surface area contributed by atoms with E-state index in [-0.39, 0.29) is 11.4 Å². The number of methoxy groups -OCH3 is 1. The van der Waals surface area contributed by atoms with Gasteiger partial charge in [0.25, 0.3) is 0 Å². The lowest BCUT2D eigenvalue weighted by Gasteiger charge is -2.45. The fourth-order valence-corrected chi connectivity index (χ4v) is 4.14. The first-order chi connectivity index (χ1) is 12.7. The van der Waals surface area contributed by atoms with Crippen LogP contribution in [-0.4, -0.2) is 46.5 Å². The largest absolute Gasteiger partial charge is 0.497 e. The molecule has 2 saturated heterocycles. The number of carbonyl (C=O) groups excluding carboxylic acids is 1. The number of nitrogens with zero attached hydrogens (tertiary/aromatic N) is 4. The molecular weight excluding hydrogens is 328 g/mol. The predicted octanol–water partition coefficient (Wildman–Crippen LogP) is 2.65. The van der Waals surface area contributed by atoms with Gasteiger partial charge in [0.15, 0.2) is 0 Å². The molecule has 6 nitrogen and oxygen atoms in total. The first kappa shape index (κ1) is 16.8. The van der Waals surface area contributed by atoms with E-state index in [1.165, 1.54) is 0 Å². The van der Waals surface area contributed by atoms with Crippen LogP contribution in [0.4, 0.5) is 5.95 Å². The second-order valence-electron chi connectivity index (χ2n) is 7.09. The van der Waals surface area contributed by atoms with E-state index in [1.807, 2.05) is 30.3 Å². The molecule has 1 amide bonds. The lowest BCUT2D eigenvalue weighted by Crippen LogP contribution is -2.53. The Morgan fingerprint density at radius 1 is 1.08 bits per heavy atom. The summed E-state index contributed by atoms with van der Waals surface area (Å²) in [6, 6.07) is 9.84. The van der Waals surface area contributed by atoms with Gasteiger partial charge in [0, 0.05) is 44.0 Å². The number of carbonyl (C=O) groups is 1. The smallest absolute Gasteiger partial charge is 0.225 e. The summed E-state index contributed by atoms with van der Waals surface area (Å²) >= 11 is 0. The molecule has 0 radical (unpaired) electrons. The average Bonchev–Trinajstić information content (AvgIpc) is 2.99. The van der Waals surface area contributed by atoms with Crippen LogP contribution in [0.5, 0.6) is 5.75 Å². The fraction of sp³-hybridized carbons (Fsp3) is 0.450. The Bertz CT molecular complexity index is 755. The number of hydrogen-bond donors (Lipinski definition) is 0. The van der Waals surface area contributed by atoms with E-state index < -0.39 is 0 Å². The second kappa shape index (κ2) is 6.94. The molecule has 0 saturated carbocycles. The quantitative estimate of drug-likeness (QED) is 0.847. The average molecular weight is 352 g/mol. The van der Waals surface area contributed by atoms with Crippen molar-refractivity contribution < 1.29 is 9.53 Å². The van der Waals surface area contributed by atoms with E-state index in [9.17, 15) is 4.79 Å². The number of benzene rings is 1. The van der Waals surface area contributed by atoms with Crippen molar-refractivity contribution in [2.75, 3.05) is 25.1 Å². The Hall–Kier alpha value is -2.63. The lowest BCUT2D eigenvalue weighted by molar-refractivity contribution is -0.132. The molecule has 26 heavy (non-hydrogen) atoms. The van der Waals surface area contributed by atoms with Crippen molar-refractivity contribution >= 4 is 11.9 Å². The van der Waals surface area contributed by atoms with Crippen LogP contribution in [-0.2, 0) is 11.3 Å². The predicted molar refractivity (Wildman–Crippen MR) is 99.0 cm³/mol. The van der Waals surface area contributed by atoms with Crippen molar-refractivity contribution in [1.29, 1.82) is 0 Å². The molecule has 3 heterocycles. The maximum Gasteiger partial charge on any atom is 0.225 e. The minimum Gasteiger partial charge on any atom is -0.497 e. The van der Waals surface area contributed by atoms with Crippen LogP contribution >= 0.6 is 0 Å². The number of aromatic nitrogens is 2. The van der Waals surface area contributed by atoms with E-state index in [2.05, 4.69) is 19.8 Å². The molecule has 2 aliphatic heterocycles. The van der Waals surface area contributed by atoms with Crippen LogP contribution in [0, 0.1) is 0 Å². The van der Waals surface area contributed by atoms with Gasteiger partial charge < -0.3 is 14.5 Å². The van der Waals surface area contributed by atoms with Gasteiger partial charge in [-0.3, -0.25) is 4.79 Å². The van der Waals surface area contributed by atoms with Crippen molar-refractivity contribution in [1.82, 2.24) is 14.9 Å². The van der Waals surface area contributed by atoms with Gasteiger partial charge in [0.05, 0.1) is 7.11 Å². The monoisotopic (exact) mass is 352 g/mol. The molecule has 4 rings (SSSR count). The van der Waals surface area contributed by atoms with E-state index >= 15 is 0 Å². The maximum absolute atomic E-state index is 12.6. The second-order valence-corrected chi connectivity index (χ2v) is 7.09. The number of likely N-dealkylation sites (tertiary alicyclic amines) is 1. The summed E-state index contributed by atoms with van der Waals surface area (Å²) in [5.41, 5.74) is 1.12. The molecular formula is C20H24N4O2. The zero-order valence-electron chi connectivity index (χ0n) is 15.1. The van der Waals surface area contributed by atoms with Crippen molar-refractivity contribution in [3.8, 4) is 5.75 Å². The summed E-state index contributed by atoms with van der Waals surface area (Å²) in [5, 5.41) is 0. The molecule has 1 spiro atoms. The minimum absolute atomic E-state index is 0.0255. The van der Waals surface area contributed by atoms with Crippen LogP contribution in [0.25, 0.3) is 0 Å². The van der Waals surface area contributed by atoms with E-state index in [4.69, 9.17) is 4.74 Å². The summed E-state index contributed by atoms with van der Waals surface area (Å²) in [6.45, 7) is 2.44. The first-order valence-electron chi connectivity index (χ1n) is 9.16. The van der Waals surface area contributed by atoms with Gasteiger partial charge in [-0.25, -0.2) is 9.97 Å². The first-order valence-corrected chi connectivity index (χ1v) is 9.16. The Morgan fingerprint density at radius 2 is 1.77 bits per heavy atom. The summed E-state index contributed by atoms with van der Waals surface area (Å²) in [6.07, 6.45) is 7.09. The summed E-state index contributed by atoms with van der Waals surface area (Å²) < 4.78 is 5.23. The lowest BCUT2D eigenvalue weighted by atomic mass is 9.85. The highest BCUT2D eigenvalue weighted by Crippen LogP contribution is 2.40. The van der Waals surface area contributed by atoms with Gasteiger partial charge in [-0.2, -0.15) is 0 Å². The Morgan fingerprint density at radius 3 is 2.42 bits per heavy atom. The van der Waals surface area contributed by atoms with E-state index in [1.54, 1.807) is 19.5 Å². The molecule has 2 aliphatic rings. The molecule has 0 unspecified atom stereocenters. The summed E-state index contributed by atoms with van der Waals surface area (Å²) in [7, 11) is 1.66. The molecule has 2 fully saturated rings. The molecule has 2 aromatic rings. The topological polar surface area (TPSA) is 58.6 Å². The number of ether oxygens (including phenoxy) is 1. The van der Waals surface area contributed by atoms with Gasteiger partial charge in [-0.05, 0) is 43.0 Å². The Labute approximate surface area is 153 Å². The van der Waals surface area contributed by atoms with E-state index in [0.717, 1.165) is 49.6 Å². The van der Waals surface area contributed by atoms with Crippen LogP contribution in [0.3, 0.4) is 0 Å². The zero-order valence-corrected chi connectivity index (χ0v) is 15.1. The minimum atomic E-state index is -0.0255.